The summed E-state index contributed by atoms with van der Waals surface area (Å²) in [4.78, 5) is 9.20. The van der Waals surface area contributed by atoms with Crippen LogP contribution in [0.25, 0.3) is 0 Å². The highest BCUT2D eigenvalue weighted by Gasteiger charge is 2.14. The molecule has 4 heteroatoms. The van der Waals surface area contributed by atoms with E-state index in [0.717, 1.165) is 40.5 Å². The van der Waals surface area contributed by atoms with Gasteiger partial charge in [-0.1, -0.05) is 36.4 Å². The lowest BCUT2D eigenvalue weighted by molar-refractivity contribution is 1.16. The van der Waals surface area contributed by atoms with Crippen LogP contribution < -0.4 is 11.1 Å². The molecule has 0 saturated heterocycles. The summed E-state index contributed by atoms with van der Waals surface area (Å²) >= 11 is 0. The number of nitrogen functional groups attached to an aromatic ring is 1. The van der Waals surface area contributed by atoms with E-state index in [4.69, 9.17) is 5.73 Å². The number of anilines is 2. The maximum Gasteiger partial charge on any atom is 0.125 e. The Morgan fingerprint density at radius 3 is 2.38 bits per heavy atom. The molecule has 3 aromatic rings. The van der Waals surface area contributed by atoms with Crippen molar-refractivity contribution in [3.8, 4) is 0 Å². The van der Waals surface area contributed by atoms with E-state index >= 15 is 0 Å². The minimum atomic E-state index is 0.782. The van der Waals surface area contributed by atoms with E-state index in [9.17, 15) is 0 Å². The number of aromatic nitrogens is 1. The molecule has 0 unspecified atom stereocenters. The molecule has 3 rings (SSSR count). The summed E-state index contributed by atoms with van der Waals surface area (Å²) in [5, 5.41) is 3.08. The lowest BCUT2D eigenvalue weighted by atomic mass is 9.93. The van der Waals surface area contributed by atoms with E-state index < -0.39 is 0 Å². The summed E-state index contributed by atoms with van der Waals surface area (Å²) in [5.74, 6) is 0.858. The number of nitrogens with zero attached hydrogens (tertiary/aromatic N) is 2. The number of hydrogen-bond acceptors (Lipinski definition) is 4. The summed E-state index contributed by atoms with van der Waals surface area (Å²) in [5.41, 5.74) is 13.1. The van der Waals surface area contributed by atoms with Crippen LogP contribution in [0.1, 0.15) is 27.9 Å². The van der Waals surface area contributed by atoms with Gasteiger partial charge in [0, 0.05) is 36.6 Å². The molecule has 0 aliphatic rings. The molecule has 4 nitrogen and oxygen atoms in total. The average molecular weight is 344 g/mol. The Bertz CT molecular complexity index is 927. The highest BCUT2D eigenvalue weighted by molar-refractivity contribution is 6.14. The van der Waals surface area contributed by atoms with Gasteiger partial charge >= 0.3 is 0 Å². The van der Waals surface area contributed by atoms with Crippen molar-refractivity contribution in [2.24, 2.45) is 4.99 Å². The third-order valence-electron chi connectivity index (χ3n) is 4.47. The maximum absolute atomic E-state index is 5.80. The van der Waals surface area contributed by atoms with Crippen molar-refractivity contribution in [1.29, 1.82) is 0 Å². The van der Waals surface area contributed by atoms with E-state index in [-0.39, 0.29) is 0 Å². The van der Waals surface area contributed by atoms with Crippen LogP contribution in [0.5, 0.6) is 0 Å². The van der Waals surface area contributed by atoms with E-state index in [1.807, 2.05) is 39.2 Å². The highest BCUT2D eigenvalue weighted by Crippen LogP contribution is 2.21. The standard InChI is InChI=1S/C22H24N4/c1-15-19(12-13-21(24-2)26-15)22(25-3)20-7-5-4-6-17(20)14-16-8-10-18(23)11-9-16/h4-13H,14,23H2,1-3H3,(H,24,26). The van der Waals surface area contributed by atoms with Crippen molar-refractivity contribution >= 4 is 17.2 Å². The predicted molar refractivity (Wildman–Crippen MR) is 110 cm³/mol. The molecule has 3 N–H and O–H groups in total. The molecular weight excluding hydrogens is 320 g/mol. The fourth-order valence-electron chi connectivity index (χ4n) is 3.10. The van der Waals surface area contributed by atoms with E-state index in [1.165, 1.54) is 11.1 Å². The van der Waals surface area contributed by atoms with E-state index in [1.54, 1.807) is 0 Å². The molecule has 0 fully saturated rings. The zero-order valence-corrected chi connectivity index (χ0v) is 15.5. The molecule has 0 radical (unpaired) electrons. The molecule has 0 saturated carbocycles. The van der Waals surface area contributed by atoms with Gasteiger partial charge in [-0.2, -0.15) is 0 Å². The molecule has 2 aromatic carbocycles. The summed E-state index contributed by atoms with van der Waals surface area (Å²) in [6.07, 6.45) is 0.830. The van der Waals surface area contributed by atoms with Crippen molar-refractivity contribution in [3.63, 3.8) is 0 Å². The van der Waals surface area contributed by atoms with Gasteiger partial charge in [-0.15, -0.1) is 0 Å². The van der Waals surface area contributed by atoms with Crippen molar-refractivity contribution < 1.29 is 0 Å². The lowest BCUT2D eigenvalue weighted by Crippen LogP contribution is -2.11. The molecule has 0 atom stereocenters. The molecular formula is C22H24N4. The van der Waals surface area contributed by atoms with E-state index in [0.29, 0.717) is 0 Å². The smallest absolute Gasteiger partial charge is 0.125 e. The highest BCUT2D eigenvalue weighted by atomic mass is 15.0. The summed E-state index contributed by atoms with van der Waals surface area (Å²) < 4.78 is 0. The van der Waals surface area contributed by atoms with Gasteiger partial charge in [-0.05, 0) is 48.7 Å². The number of hydrogen-bond donors (Lipinski definition) is 2. The largest absolute Gasteiger partial charge is 0.399 e. The Labute approximate surface area is 154 Å². The van der Waals surface area contributed by atoms with Crippen LogP contribution in [0.2, 0.25) is 0 Å². The first kappa shape index (κ1) is 17.7. The second-order valence-electron chi connectivity index (χ2n) is 6.23. The van der Waals surface area contributed by atoms with Gasteiger partial charge in [0.1, 0.15) is 5.82 Å². The zero-order valence-electron chi connectivity index (χ0n) is 15.5. The molecule has 1 heterocycles. The van der Waals surface area contributed by atoms with Crippen LogP contribution in [0.3, 0.4) is 0 Å². The van der Waals surface area contributed by atoms with Gasteiger partial charge in [0.2, 0.25) is 0 Å². The summed E-state index contributed by atoms with van der Waals surface area (Å²) in [6, 6.07) is 20.5. The number of aryl methyl sites for hydroxylation is 1. The lowest BCUT2D eigenvalue weighted by Gasteiger charge is -2.14. The minimum absolute atomic E-state index is 0.782. The Morgan fingerprint density at radius 1 is 1.00 bits per heavy atom. The zero-order chi connectivity index (χ0) is 18.5. The fraction of sp³-hybridized carbons (Fsp3) is 0.182. The van der Waals surface area contributed by atoms with Crippen molar-refractivity contribution in [1.82, 2.24) is 4.98 Å². The monoisotopic (exact) mass is 344 g/mol. The number of pyridine rings is 1. The summed E-state index contributed by atoms with van der Waals surface area (Å²) in [7, 11) is 3.71. The molecule has 0 aliphatic heterocycles. The van der Waals surface area contributed by atoms with Crippen LogP contribution in [-0.4, -0.2) is 24.8 Å². The second-order valence-corrected chi connectivity index (χ2v) is 6.23. The van der Waals surface area contributed by atoms with Crippen LogP contribution in [-0.2, 0) is 6.42 Å². The Morgan fingerprint density at radius 2 is 1.73 bits per heavy atom. The van der Waals surface area contributed by atoms with Gasteiger partial charge in [0.25, 0.3) is 0 Å². The van der Waals surface area contributed by atoms with Crippen LogP contribution in [0, 0.1) is 6.92 Å². The third kappa shape index (κ3) is 3.75. The fourth-order valence-corrected chi connectivity index (χ4v) is 3.10. The van der Waals surface area contributed by atoms with Crippen LogP contribution in [0.4, 0.5) is 11.5 Å². The van der Waals surface area contributed by atoms with Crippen molar-refractivity contribution in [3.05, 3.63) is 88.6 Å². The van der Waals surface area contributed by atoms with Crippen molar-refractivity contribution in [2.75, 3.05) is 25.1 Å². The average Bonchev–Trinajstić information content (AvgIpc) is 2.66. The number of nitrogens with one attached hydrogen (secondary N) is 1. The van der Waals surface area contributed by atoms with Crippen molar-refractivity contribution in [2.45, 2.75) is 13.3 Å². The Hall–Kier alpha value is -3.14. The van der Waals surface area contributed by atoms with E-state index in [2.05, 4.69) is 57.8 Å². The molecule has 132 valence electrons. The normalized spacial score (nSPS) is 11.4. The first-order chi connectivity index (χ1) is 12.6. The summed E-state index contributed by atoms with van der Waals surface area (Å²) in [6.45, 7) is 2.02. The van der Waals surface area contributed by atoms with Gasteiger partial charge in [0.05, 0.1) is 5.71 Å². The first-order valence-corrected chi connectivity index (χ1v) is 8.67. The molecule has 0 aliphatic carbocycles. The third-order valence-corrected chi connectivity index (χ3v) is 4.47. The first-order valence-electron chi connectivity index (χ1n) is 8.67. The predicted octanol–water partition coefficient (Wildman–Crippen LogP) is 4.07. The number of aliphatic imine (C=N–C) groups is 1. The topological polar surface area (TPSA) is 63.3 Å². The maximum atomic E-state index is 5.80. The quantitative estimate of drug-likeness (QED) is 0.542. The van der Waals surface area contributed by atoms with Gasteiger partial charge in [-0.25, -0.2) is 4.98 Å². The Balaban J connectivity index is 2.01. The number of rotatable bonds is 5. The number of benzene rings is 2. The molecule has 1 aromatic heterocycles. The van der Waals surface area contributed by atoms with Crippen LogP contribution in [0.15, 0.2) is 65.7 Å². The SMILES string of the molecule is CN=C(c1ccccc1Cc1ccc(N)cc1)c1ccc(NC)nc1C. The van der Waals surface area contributed by atoms with Gasteiger partial charge in [-0.3, -0.25) is 4.99 Å². The molecule has 0 amide bonds. The molecule has 0 spiro atoms. The molecule has 26 heavy (non-hydrogen) atoms. The molecule has 0 bridgehead atoms. The van der Waals surface area contributed by atoms with Gasteiger partial charge in [0.15, 0.2) is 0 Å². The minimum Gasteiger partial charge on any atom is -0.399 e. The van der Waals surface area contributed by atoms with Gasteiger partial charge < -0.3 is 11.1 Å². The second kappa shape index (κ2) is 7.83. The Kier molecular flexibility index (Phi) is 5.32. The number of nitrogens with two attached hydrogens (primary N) is 1. The van der Waals surface area contributed by atoms with Crippen LogP contribution >= 0.6 is 0 Å².